The molecule has 1 aromatic carbocycles. The van der Waals surface area contributed by atoms with E-state index in [-0.39, 0.29) is 28.5 Å². The van der Waals surface area contributed by atoms with E-state index in [1.165, 1.54) is 10.6 Å². The second kappa shape index (κ2) is 6.97. The average molecular weight is 388 g/mol. The van der Waals surface area contributed by atoms with Gasteiger partial charge in [-0.2, -0.15) is 9.50 Å². The fourth-order valence-corrected chi connectivity index (χ4v) is 2.91. The second-order valence-electron chi connectivity index (χ2n) is 7.71. The maximum atomic E-state index is 12.7. The molecule has 4 aromatic rings. The maximum absolute atomic E-state index is 12.7. The molecule has 0 unspecified atom stereocenters. The van der Waals surface area contributed by atoms with Crippen molar-refractivity contribution in [2.75, 3.05) is 5.32 Å². The van der Waals surface area contributed by atoms with Crippen LogP contribution in [0.15, 0.2) is 59.7 Å². The average Bonchev–Trinajstić information content (AvgIpc) is 3.12. The van der Waals surface area contributed by atoms with E-state index in [0.29, 0.717) is 17.0 Å². The summed E-state index contributed by atoms with van der Waals surface area (Å²) in [4.78, 5) is 35.7. The van der Waals surface area contributed by atoms with Crippen LogP contribution >= 0.6 is 0 Å². The van der Waals surface area contributed by atoms with Crippen LogP contribution in [0.4, 0.5) is 5.82 Å². The van der Waals surface area contributed by atoms with Gasteiger partial charge in [-0.1, -0.05) is 32.9 Å². The number of carbonyl (C=O) groups excluding carboxylic acids is 1. The monoisotopic (exact) mass is 388 g/mol. The smallest absolute Gasteiger partial charge is 0.256 e. The third kappa shape index (κ3) is 3.77. The number of aromatic amines is 1. The maximum Gasteiger partial charge on any atom is 0.256 e. The quantitative estimate of drug-likeness (QED) is 0.561. The molecule has 0 bridgehead atoms. The molecule has 0 aliphatic heterocycles. The van der Waals surface area contributed by atoms with Crippen LogP contribution in [0.25, 0.3) is 17.2 Å². The Morgan fingerprint density at radius 2 is 1.90 bits per heavy atom. The first-order valence-corrected chi connectivity index (χ1v) is 9.14. The van der Waals surface area contributed by atoms with E-state index in [4.69, 9.17) is 0 Å². The third-order valence-corrected chi connectivity index (χ3v) is 4.51. The highest BCUT2D eigenvalue weighted by Gasteiger charge is 2.16. The predicted octanol–water partition coefficient (Wildman–Crippen LogP) is 3.03. The first kappa shape index (κ1) is 18.5. The zero-order valence-electron chi connectivity index (χ0n) is 16.3. The van der Waals surface area contributed by atoms with Gasteiger partial charge in [0.15, 0.2) is 5.82 Å². The molecule has 0 radical (unpaired) electrons. The van der Waals surface area contributed by atoms with Crippen molar-refractivity contribution in [2.24, 2.45) is 0 Å². The lowest BCUT2D eigenvalue weighted by atomic mass is 9.87. The molecule has 0 aliphatic carbocycles. The van der Waals surface area contributed by atoms with Crippen LogP contribution in [0.1, 0.15) is 36.7 Å². The fourth-order valence-electron chi connectivity index (χ4n) is 2.91. The summed E-state index contributed by atoms with van der Waals surface area (Å²) in [6, 6.07) is 12.3. The van der Waals surface area contributed by atoms with Crippen molar-refractivity contribution in [1.29, 1.82) is 0 Å². The number of fused-ring (bicyclic) bond motifs is 1. The summed E-state index contributed by atoms with van der Waals surface area (Å²) in [6.07, 6.45) is 3.28. The molecule has 0 atom stereocenters. The van der Waals surface area contributed by atoms with Gasteiger partial charge < -0.3 is 5.32 Å². The van der Waals surface area contributed by atoms with E-state index in [2.05, 4.69) is 46.1 Å². The minimum absolute atomic E-state index is 0.00266. The van der Waals surface area contributed by atoms with Crippen LogP contribution in [-0.4, -0.2) is 30.5 Å². The highest BCUT2D eigenvalue weighted by atomic mass is 16.2. The van der Waals surface area contributed by atoms with Gasteiger partial charge >= 0.3 is 0 Å². The molecule has 0 spiro atoms. The summed E-state index contributed by atoms with van der Waals surface area (Å²) in [5, 5.41) is 7.15. The van der Waals surface area contributed by atoms with Crippen LogP contribution in [0.2, 0.25) is 0 Å². The van der Waals surface area contributed by atoms with Crippen molar-refractivity contribution < 1.29 is 4.79 Å². The van der Waals surface area contributed by atoms with Gasteiger partial charge in [-0.15, -0.1) is 5.10 Å². The Morgan fingerprint density at radius 3 is 2.55 bits per heavy atom. The number of benzene rings is 1. The topological polar surface area (TPSA) is 105 Å². The van der Waals surface area contributed by atoms with Gasteiger partial charge in [0.05, 0.1) is 0 Å². The number of rotatable bonds is 3. The first-order chi connectivity index (χ1) is 13.8. The first-order valence-electron chi connectivity index (χ1n) is 9.14. The van der Waals surface area contributed by atoms with E-state index in [1.54, 1.807) is 30.6 Å². The molecule has 3 aromatic heterocycles. The summed E-state index contributed by atoms with van der Waals surface area (Å²) in [7, 11) is 0. The number of aromatic nitrogens is 5. The number of nitrogens with one attached hydrogen (secondary N) is 2. The standard InChI is InChI=1S/C21H20N6O2/c1-21(2,3)15-8-6-13(7-9-15)19(29)23-16-11-17(28)24-20-25-18(26-27(16)20)14-5-4-10-22-12-14/h4-12H,1-3H3,(H,23,29)(H,24,25,26,28). The predicted molar refractivity (Wildman–Crippen MR) is 110 cm³/mol. The molecule has 2 N–H and O–H groups in total. The largest absolute Gasteiger partial charge is 0.306 e. The van der Waals surface area contributed by atoms with Crippen LogP contribution in [-0.2, 0) is 5.41 Å². The summed E-state index contributed by atoms with van der Waals surface area (Å²) in [5.74, 6) is 0.520. The lowest BCUT2D eigenvalue weighted by Crippen LogP contribution is -2.19. The number of carbonyl (C=O) groups is 1. The van der Waals surface area contributed by atoms with Crippen LogP contribution in [0, 0.1) is 0 Å². The minimum Gasteiger partial charge on any atom is -0.306 e. The van der Waals surface area contributed by atoms with Gasteiger partial charge in [0.2, 0.25) is 5.78 Å². The number of hydrogen-bond donors (Lipinski definition) is 2. The summed E-state index contributed by atoms with van der Waals surface area (Å²) in [5.41, 5.74) is 1.93. The zero-order chi connectivity index (χ0) is 20.6. The molecule has 3 heterocycles. The molecular weight excluding hydrogens is 368 g/mol. The number of amides is 1. The normalized spacial score (nSPS) is 11.6. The second-order valence-corrected chi connectivity index (χ2v) is 7.71. The number of hydrogen-bond acceptors (Lipinski definition) is 5. The Bertz CT molecular complexity index is 1230. The van der Waals surface area contributed by atoms with Gasteiger partial charge in [0.1, 0.15) is 5.82 Å². The summed E-state index contributed by atoms with van der Waals surface area (Å²) in [6.45, 7) is 6.33. The Labute approximate surface area is 166 Å². The van der Waals surface area contributed by atoms with Crippen molar-refractivity contribution >= 4 is 17.5 Å². The number of pyridine rings is 1. The molecule has 4 rings (SSSR count). The van der Waals surface area contributed by atoms with Crippen LogP contribution in [0.3, 0.4) is 0 Å². The molecule has 0 aliphatic rings. The summed E-state index contributed by atoms with van der Waals surface area (Å²) >= 11 is 0. The molecule has 29 heavy (non-hydrogen) atoms. The molecule has 0 saturated heterocycles. The summed E-state index contributed by atoms with van der Waals surface area (Å²) < 4.78 is 1.39. The van der Waals surface area contributed by atoms with Crippen LogP contribution in [0.5, 0.6) is 0 Å². The lowest BCUT2D eigenvalue weighted by Gasteiger charge is -2.19. The van der Waals surface area contributed by atoms with Gasteiger partial charge in [0, 0.05) is 29.6 Å². The van der Waals surface area contributed by atoms with Crippen LogP contribution < -0.4 is 10.9 Å². The van der Waals surface area contributed by atoms with Crippen molar-refractivity contribution in [3.63, 3.8) is 0 Å². The number of H-pyrrole nitrogens is 1. The van der Waals surface area contributed by atoms with Gasteiger partial charge in [-0.05, 0) is 35.2 Å². The third-order valence-electron chi connectivity index (χ3n) is 4.51. The van der Waals surface area contributed by atoms with E-state index in [1.807, 2.05) is 18.2 Å². The number of anilines is 1. The fraction of sp³-hybridized carbons (Fsp3) is 0.190. The zero-order valence-corrected chi connectivity index (χ0v) is 16.3. The SMILES string of the molecule is CC(C)(C)c1ccc(C(=O)Nc2cc(=O)[nH]c3nc(-c4cccnc4)nn23)cc1. The molecule has 8 nitrogen and oxygen atoms in total. The van der Waals surface area contributed by atoms with Gasteiger partial charge in [-0.25, -0.2) is 0 Å². The van der Waals surface area contributed by atoms with Crippen molar-refractivity contribution in [2.45, 2.75) is 26.2 Å². The molecular formula is C21H20N6O2. The minimum atomic E-state index is -0.388. The molecule has 0 fully saturated rings. The Morgan fingerprint density at radius 1 is 1.14 bits per heavy atom. The Hall–Kier alpha value is -3.81. The molecule has 1 amide bonds. The Balaban J connectivity index is 1.68. The highest BCUT2D eigenvalue weighted by molar-refractivity contribution is 6.03. The van der Waals surface area contributed by atoms with E-state index in [0.717, 1.165) is 5.56 Å². The number of nitrogens with zero attached hydrogens (tertiary/aromatic N) is 4. The molecule has 146 valence electrons. The van der Waals surface area contributed by atoms with E-state index < -0.39 is 0 Å². The van der Waals surface area contributed by atoms with Gasteiger partial charge in [-0.3, -0.25) is 19.6 Å². The van der Waals surface area contributed by atoms with E-state index in [9.17, 15) is 9.59 Å². The molecule has 8 heteroatoms. The lowest BCUT2D eigenvalue weighted by molar-refractivity contribution is 0.102. The van der Waals surface area contributed by atoms with Crippen molar-refractivity contribution in [3.8, 4) is 11.4 Å². The van der Waals surface area contributed by atoms with Crippen molar-refractivity contribution in [1.82, 2.24) is 24.6 Å². The van der Waals surface area contributed by atoms with Crippen molar-refractivity contribution in [3.05, 3.63) is 76.3 Å². The highest BCUT2D eigenvalue weighted by Crippen LogP contribution is 2.22. The van der Waals surface area contributed by atoms with Gasteiger partial charge in [0.25, 0.3) is 11.5 Å². The van der Waals surface area contributed by atoms with E-state index >= 15 is 0 Å². The molecule has 0 saturated carbocycles. The Kier molecular flexibility index (Phi) is 4.46.